The Morgan fingerprint density at radius 1 is 1.12 bits per heavy atom. The lowest BCUT2D eigenvalue weighted by Gasteiger charge is -2.37. The third-order valence-electron chi connectivity index (χ3n) is 5.20. The molecule has 2 aliphatic heterocycles. The van der Waals surface area contributed by atoms with Crippen molar-refractivity contribution in [3.63, 3.8) is 0 Å². The van der Waals surface area contributed by atoms with E-state index in [1.54, 1.807) is 12.1 Å². The maximum absolute atomic E-state index is 13.0. The summed E-state index contributed by atoms with van der Waals surface area (Å²) < 4.78 is 13.0. The SMILES string of the molecule is Cl.O=C(C1CCNCC1)N1CCC(C(O)c2ccc(F)cc2)CC1. The van der Waals surface area contributed by atoms with Crippen LogP contribution >= 0.6 is 12.4 Å². The predicted octanol–water partition coefficient (Wildman–Crippen LogP) is 2.52. The van der Waals surface area contributed by atoms with Crippen molar-refractivity contribution in [1.82, 2.24) is 10.2 Å². The second-order valence-corrected chi connectivity index (χ2v) is 6.68. The normalized spacial score (nSPS) is 21.2. The van der Waals surface area contributed by atoms with Crippen molar-refractivity contribution in [2.24, 2.45) is 11.8 Å². The van der Waals surface area contributed by atoms with E-state index in [1.807, 2.05) is 4.90 Å². The number of piperidine rings is 2. The van der Waals surface area contributed by atoms with Crippen molar-refractivity contribution >= 4 is 18.3 Å². The molecule has 1 aromatic carbocycles. The van der Waals surface area contributed by atoms with Crippen LogP contribution in [0, 0.1) is 17.7 Å². The van der Waals surface area contributed by atoms with E-state index in [4.69, 9.17) is 0 Å². The molecule has 0 saturated carbocycles. The van der Waals surface area contributed by atoms with Crippen LogP contribution in [0.25, 0.3) is 0 Å². The maximum atomic E-state index is 13.0. The van der Waals surface area contributed by atoms with E-state index in [-0.39, 0.29) is 36.0 Å². The first-order valence-electron chi connectivity index (χ1n) is 8.58. The van der Waals surface area contributed by atoms with Gasteiger partial charge in [-0.05, 0) is 62.4 Å². The molecule has 134 valence electrons. The average molecular weight is 357 g/mol. The van der Waals surface area contributed by atoms with Gasteiger partial charge in [0, 0.05) is 19.0 Å². The molecule has 2 saturated heterocycles. The lowest BCUT2D eigenvalue weighted by atomic mass is 9.86. The molecule has 24 heavy (non-hydrogen) atoms. The summed E-state index contributed by atoms with van der Waals surface area (Å²) in [5, 5.41) is 13.8. The Bertz CT molecular complexity index is 526. The molecule has 2 N–H and O–H groups in total. The highest BCUT2D eigenvalue weighted by atomic mass is 35.5. The van der Waals surface area contributed by atoms with Crippen LogP contribution in [0.5, 0.6) is 0 Å². The molecule has 2 aliphatic rings. The summed E-state index contributed by atoms with van der Waals surface area (Å²) in [6.07, 6.45) is 2.88. The summed E-state index contributed by atoms with van der Waals surface area (Å²) in [5.74, 6) is 0.289. The van der Waals surface area contributed by atoms with Crippen LogP contribution < -0.4 is 5.32 Å². The van der Waals surface area contributed by atoms with Crippen molar-refractivity contribution in [2.75, 3.05) is 26.2 Å². The van der Waals surface area contributed by atoms with Crippen LogP contribution in [-0.2, 0) is 4.79 Å². The van der Waals surface area contributed by atoms with Crippen LogP contribution in [-0.4, -0.2) is 42.1 Å². The van der Waals surface area contributed by atoms with Crippen molar-refractivity contribution in [3.8, 4) is 0 Å². The Morgan fingerprint density at radius 2 is 1.71 bits per heavy atom. The quantitative estimate of drug-likeness (QED) is 0.875. The lowest BCUT2D eigenvalue weighted by Crippen LogP contribution is -2.45. The van der Waals surface area contributed by atoms with E-state index in [9.17, 15) is 14.3 Å². The Kier molecular flexibility index (Phi) is 7.02. The Balaban J connectivity index is 0.00000208. The first-order chi connectivity index (χ1) is 11.1. The highest BCUT2D eigenvalue weighted by Crippen LogP contribution is 2.31. The minimum Gasteiger partial charge on any atom is -0.388 e. The second-order valence-electron chi connectivity index (χ2n) is 6.68. The fraction of sp³-hybridized carbons (Fsp3) is 0.611. The van der Waals surface area contributed by atoms with Gasteiger partial charge in [0.05, 0.1) is 6.10 Å². The van der Waals surface area contributed by atoms with Gasteiger partial charge in [0.25, 0.3) is 0 Å². The van der Waals surface area contributed by atoms with Crippen LogP contribution in [0.4, 0.5) is 4.39 Å². The van der Waals surface area contributed by atoms with Crippen LogP contribution in [0.3, 0.4) is 0 Å². The highest BCUT2D eigenvalue weighted by Gasteiger charge is 2.31. The maximum Gasteiger partial charge on any atom is 0.225 e. The molecule has 2 heterocycles. The standard InChI is InChI=1S/C18H25FN2O2.ClH/c19-16-3-1-13(2-4-16)17(22)14-7-11-21(12-8-14)18(23)15-5-9-20-10-6-15;/h1-4,14-15,17,20,22H,5-12H2;1H. The van der Waals surface area contributed by atoms with Crippen molar-refractivity contribution in [1.29, 1.82) is 0 Å². The van der Waals surface area contributed by atoms with Crippen LogP contribution in [0.1, 0.15) is 37.4 Å². The van der Waals surface area contributed by atoms with Crippen LogP contribution in [0.15, 0.2) is 24.3 Å². The number of aliphatic hydroxyl groups is 1. The molecule has 0 aliphatic carbocycles. The minimum atomic E-state index is -0.577. The fourth-order valence-electron chi connectivity index (χ4n) is 3.69. The monoisotopic (exact) mass is 356 g/mol. The van der Waals surface area contributed by atoms with E-state index >= 15 is 0 Å². The summed E-state index contributed by atoms with van der Waals surface area (Å²) in [6.45, 7) is 3.28. The number of aliphatic hydroxyl groups excluding tert-OH is 1. The third-order valence-corrected chi connectivity index (χ3v) is 5.20. The van der Waals surface area contributed by atoms with Gasteiger partial charge in [-0.3, -0.25) is 4.79 Å². The van der Waals surface area contributed by atoms with Gasteiger partial charge in [0.2, 0.25) is 5.91 Å². The van der Waals surface area contributed by atoms with Gasteiger partial charge >= 0.3 is 0 Å². The number of nitrogens with zero attached hydrogens (tertiary/aromatic N) is 1. The third kappa shape index (κ3) is 4.47. The molecule has 3 rings (SSSR count). The number of carbonyl (C=O) groups excluding carboxylic acids is 1. The summed E-state index contributed by atoms with van der Waals surface area (Å²) >= 11 is 0. The number of carbonyl (C=O) groups is 1. The van der Waals surface area contributed by atoms with Gasteiger partial charge in [-0.2, -0.15) is 0 Å². The molecule has 6 heteroatoms. The van der Waals surface area contributed by atoms with Crippen molar-refractivity contribution in [2.45, 2.75) is 31.8 Å². The number of likely N-dealkylation sites (tertiary alicyclic amines) is 1. The molecule has 1 aromatic rings. The molecular formula is C18H26ClFN2O2. The second kappa shape index (κ2) is 8.79. The molecule has 1 amide bonds. The first-order valence-corrected chi connectivity index (χ1v) is 8.58. The average Bonchev–Trinajstić information content (AvgIpc) is 2.62. The Morgan fingerprint density at radius 3 is 2.29 bits per heavy atom. The lowest BCUT2D eigenvalue weighted by molar-refractivity contribution is -0.138. The van der Waals surface area contributed by atoms with Gasteiger partial charge in [-0.25, -0.2) is 4.39 Å². The number of hydrogen-bond acceptors (Lipinski definition) is 3. The molecule has 4 nitrogen and oxygen atoms in total. The molecule has 0 aromatic heterocycles. The van der Waals surface area contributed by atoms with E-state index in [1.165, 1.54) is 12.1 Å². The predicted molar refractivity (Wildman–Crippen MR) is 93.5 cm³/mol. The topological polar surface area (TPSA) is 52.6 Å². The summed E-state index contributed by atoms with van der Waals surface area (Å²) in [5.41, 5.74) is 0.759. The molecule has 0 bridgehead atoms. The Hall–Kier alpha value is -1.17. The molecule has 0 spiro atoms. The first kappa shape index (κ1) is 19.2. The number of amides is 1. The van der Waals surface area contributed by atoms with E-state index < -0.39 is 6.10 Å². The van der Waals surface area contributed by atoms with Gasteiger partial charge in [0.1, 0.15) is 5.82 Å². The highest BCUT2D eigenvalue weighted by molar-refractivity contribution is 5.85. The number of nitrogens with one attached hydrogen (secondary N) is 1. The van der Waals surface area contributed by atoms with Crippen molar-refractivity contribution < 1.29 is 14.3 Å². The largest absolute Gasteiger partial charge is 0.388 e. The van der Waals surface area contributed by atoms with Gasteiger partial charge in [0.15, 0.2) is 0 Å². The van der Waals surface area contributed by atoms with Gasteiger partial charge in [-0.15, -0.1) is 12.4 Å². The zero-order chi connectivity index (χ0) is 16.2. The smallest absolute Gasteiger partial charge is 0.225 e. The zero-order valence-corrected chi connectivity index (χ0v) is 14.6. The fourth-order valence-corrected chi connectivity index (χ4v) is 3.69. The molecule has 1 unspecified atom stereocenters. The number of benzene rings is 1. The van der Waals surface area contributed by atoms with E-state index in [0.717, 1.165) is 44.3 Å². The van der Waals surface area contributed by atoms with Crippen molar-refractivity contribution in [3.05, 3.63) is 35.6 Å². The van der Waals surface area contributed by atoms with E-state index in [2.05, 4.69) is 5.32 Å². The molecule has 2 fully saturated rings. The summed E-state index contributed by atoms with van der Waals surface area (Å²) in [7, 11) is 0. The summed E-state index contributed by atoms with van der Waals surface area (Å²) in [6, 6.07) is 6.06. The molecule has 0 radical (unpaired) electrons. The van der Waals surface area contributed by atoms with Gasteiger partial charge < -0.3 is 15.3 Å². The minimum absolute atomic E-state index is 0. The number of rotatable bonds is 3. The van der Waals surface area contributed by atoms with Crippen LogP contribution in [0.2, 0.25) is 0 Å². The Labute approximate surface area is 148 Å². The number of hydrogen-bond donors (Lipinski definition) is 2. The molecule has 1 atom stereocenters. The summed E-state index contributed by atoms with van der Waals surface area (Å²) in [4.78, 5) is 14.5. The molecular weight excluding hydrogens is 331 g/mol. The number of halogens is 2. The van der Waals surface area contributed by atoms with E-state index in [0.29, 0.717) is 13.1 Å². The van der Waals surface area contributed by atoms with Gasteiger partial charge in [-0.1, -0.05) is 12.1 Å². The zero-order valence-electron chi connectivity index (χ0n) is 13.8.